The zero-order valence-electron chi connectivity index (χ0n) is 12.2. The van der Waals surface area contributed by atoms with Crippen LogP contribution in [0.3, 0.4) is 0 Å². The first-order chi connectivity index (χ1) is 8.32. The molecule has 1 heterocycles. The largest absolute Gasteiger partial charge is 0.349 e. The molecular formula is C16H26O2. The minimum atomic E-state index is -0.189. The van der Waals surface area contributed by atoms with Gasteiger partial charge in [0.15, 0.2) is 6.29 Å². The van der Waals surface area contributed by atoms with Crippen LogP contribution in [0.4, 0.5) is 0 Å². The highest BCUT2D eigenvalue weighted by Gasteiger charge is 2.70. The summed E-state index contributed by atoms with van der Waals surface area (Å²) in [6.45, 7) is 14.1. The van der Waals surface area contributed by atoms with E-state index in [0.29, 0.717) is 10.8 Å². The van der Waals surface area contributed by atoms with Gasteiger partial charge in [0.1, 0.15) is 0 Å². The molecule has 0 aromatic rings. The van der Waals surface area contributed by atoms with Gasteiger partial charge in [-0.15, -0.1) is 0 Å². The van der Waals surface area contributed by atoms with Crippen molar-refractivity contribution in [1.82, 2.24) is 0 Å². The first-order valence-corrected chi connectivity index (χ1v) is 7.27. The molecule has 18 heavy (non-hydrogen) atoms. The molecule has 0 N–H and O–H groups in total. The van der Waals surface area contributed by atoms with E-state index in [2.05, 4.69) is 27.4 Å². The van der Waals surface area contributed by atoms with Crippen LogP contribution in [0.2, 0.25) is 0 Å². The Hall–Kier alpha value is -0.340. The maximum atomic E-state index is 6.45. The summed E-state index contributed by atoms with van der Waals surface area (Å²) in [5.41, 5.74) is 1.71. The number of hydrogen-bond donors (Lipinski definition) is 0. The van der Waals surface area contributed by atoms with E-state index in [9.17, 15) is 0 Å². The predicted molar refractivity (Wildman–Crippen MR) is 72.2 cm³/mol. The van der Waals surface area contributed by atoms with E-state index in [1.807, 2.05) is 6.92 Å². The fourth-order valence-corrected chi connectivity index (χ4v) is 4.82. The Morgan fingerprint density at radius 3 is 2.44 bits per heavy atom. The second kappa shape index (κ2) is 3.61. The molecule has 1 aliphatic heterocycles. The lowest BCUT2D eigenvalue weighted by Gasteiger charge is -2.52. The molecule has 0 aromatic carbocycles. The van der Waals surface area contributed by atoms with Gasteiger partial charge in [-0.1, -0.05) is 27.4 Å². The Bertz CT molecular complexity index is 387. The summed E-state index contributed by atoms with van der Waals surface area (Å²) in [7, 11) is 0. The smallest absolute Gasteiger partial charge is 0.179 e. The molecule has 0 radical (unpaired) electrons. The molecule has 3 rings (SSSR count). The molecule has 3 fully saturated rings. The van der Waals surface area contributed by atoms with Gasteiger partial charge in [0.2, 0.25) is 0 Å². The summed E-state index contributed by atoms with van der Waals surface area (Å²) in [6.07, 6.45) is 4.74. The first kappa shape index (κ1) is 12.7. The normalized spacial score (nSPS) is 49.8. The maximum absolute atomic E-state index is 6.45. The zero-order chi connectivity index (χ0) is 13.2. The molecule has 2 saturated carbocycles. The second-order valence-electron chi connectivity index (χ2n) is 7.40. The number of hydrogen-bond acceptors (Lipinski definition) is 2. The predicted octanol–water partition coefficient (Wildman–Crippen LogP) is 3.91. The van der Waals surface area contributed by atoms with Crippen LogP contribution in [0.15, 0.2) is 12.2 Å². The molecule has 2 aliphatic carbocycles. The topological polar surface area (TPSA) is 18.5 Å². The fourth-order valence-electron chi connectivity index (χ4n) is 4.82. The van der Waals surface area contributed by atoms with Gasteiger partial charge in [0.05, 0.1) is 12.2 Å². The Morgan fingerprint density at radius 1 is 1.22 bits per heavy atom. The van der Waals surface area contributed by atoms with Gasteiger partial charge in [-0.05, 0) is 43.1 Å². The molecule has 1 spiro atoms. The van der Waals surface area contributed by atoms with Crippen molar-refractivity contribution in [2.75, 3.05) is 6.61 Å². The van der Waals surface area contributed by atoms with Crippen LogP contribution in [0, 0.1) is 16.7 Å². The highest BCUT2D eigenvalue weighted by molar-refractivity contribution is 5.19. The summed E-state index contributed by atoms with van der Waals surface area (Å²) in [5.74, 6) is 0.811. The third-order valence-corrected chi connectivity index (χ3v) is 6.53. The molecular weight excluding hydrogens is 224 g/mol. The van der Waals surface area contributed by atoms with E-state index in [-0.39, 0.29) is 11.9 Å². The molecule has 2 nitrogen and oxygen atoms in total. The Balaban J connectivity index is 1.95. The van der Waals surface area contributed by atoms with Crippen molar-refractivity contribution in [1.29, 1.82) is 0 Å². The minimum absolute atomic E-state index is 0.0291. The van der Waals surface area contributed by atoms with E-state index in [1.165, 1.54) is 19.3 Å². The molecule has 102 valence electrons. The fraction of sp³-hybridized carbons (Fsp3) is 0.875. The summed E-state index contributed by atoms with van der Waals surface area (Å²) in [5, 5.41) is 0. The van der Waals surface area contributed by atoms with Crippen LogP contribution in [-0.2, 0) is 9.47 Å². The van der Waals surface area contributed by atoms with Crippen molar-refractivity contribution >= 4 is 0 Å². The van der Waals surface area contributed by atoms with Crippen molar-refractivity contribution in [2.45, 2.75) is 65.3 Å². The average molecular weight is 250 g/mol. The Labute approximate surface area is 111 Å². The van der Waals surface area contributed by atoms with Crippen molar-refractivity contribution in [3.8, 4) is 0 Å². The summed E-state index contributed by atoms with van der Waals surface area (Å²) in [4.78, 5) is 0. The summed E-state index contributed by atoms with van der Waals surface area (Å²) >= 11 is 0. The van der Waals surface area contributed by atoms with Crippen molar-refractivity contribution in [3.63, 3.8) is 0 Å². The molecule has 4 atom stereocenters. The van der Waals surface area contributed by atoms with Gasteiger partial charge < -0.3 is 9.47 Å². The first-order valence-electron chi connectivity index (χ1n) is 7.27. The number of fused-ring (bicyclic) bond motifs is 3. The van der Waals surface area contributed by atoms with Crippen molar-refractivity contribution < 1.29 is 9.47 Å². The Kier molecular flexibility index (Phi) is 2.54. The van der Waals surface area contributed by atoms with Crippen LogP contribution < -0.4 is 0 Å². The van der Waals surface area contributed by atoms with Crippen LogP contribution in [0.25, 0.3) is 0 Å². The molecule has 2 bridgehead atoms. The molecule has 4 unspecified atom stereocenters. The van der Waals surface area contributed by atoms with Crippen molar-refractivity contribution in [2.24, 2.45) is 16.7 Å². The van der Waals surface area contributed by atoms with Crippen LogP contribution >= 0.6 is 0 Å². The summed E-state index contributed by atoms with van der Waals surface area (Å²) in [6, 6.07) is 0. The van der Waals surface area contributed by atoms with Gasteiger partial charge in [0, 0.05) is 11.8 Å². The molecule has 1 saturated heterocycles. The lowest BCUT2D eigenvalue weighted by atomic mass is 9.63. The van der Waals surface area contributed by atoms with E-state index in [4.69, 9.17) is 9.47 Å². The van der Waals surface area contributed by atoms with Crippen molar-refractivity contribution in [3.05, 3.63) is 12.2 Å². The van der Waals surface area contributed by atoms with E-state index < -0.39 is 0 Å². The highest BCUT2D eigenvalue weighted by Crippen LogP contribution is 2.72. The lowest BCUT2D eigenvalue weighted by Crippen LogP contribution is -2.54. The second-order valence-corrected chi connectivity index (χ2v) is 7.40. The summed E-state index contributed by atoms with van der Waals surface area (Å²) < 4.78 is 12.2. The standard InChI is InChI=1S/C16H26O2/c1-11(2)13-17-9-8-16(18-13)10-12-6-7-15(16,5)14(12,3)4/h12-13H,1,6-10H2,2-5H3. The van der Waals surface area contributed by atoms with Gasteiger partial charge >= 0.3 is 0 Å². The molecule has 0 amide bonds. The SMILES string of the molecule is C=C(C)C1OCCC2(CC3CCC2(C)C3(C)C)O1. The monoisotopic (exact) mass is 250 g/mol. The van der Waals surface area contributed by atoms with Gasteiger partial charge in [-0.25, -0.2) is 0 Å². The Morgan fingerprint density at radius 2 is 1.94 bits per heavy atom. The van der Waals surface area contributed by atoms with E-state index >= 15 is 0 Å². The third-order valence-electron chi connectivity index (χ3n) is 6.53. The van der Waals surface area contributed by atoms with Gasteiger partial charge in [-0.2, -0.15) is 0 Å². The highest BCUT2D eigenvalue weighted by atomic mass is 16.7. The lowest BCUT2D eigenvalue weighted by molar-refractivity contribution is -0.277. The number of ether oxygens (including phenoxy) is 2. The van der Waals surface area contributed by atoms with E-state index in [1.54, 1.807) is 0 Å². The van der Waals surface area contributed by atoms with Crippen LogP contribution in [0.5, 0.6) is 0 Å². The van der Waals surface area contributed by atoms with Crippen LogP contribution in [-0.4, -0.2) is 18.5 Å². The van der Waals surface area contributed by atoms with E-state index in [0.717, 1.165) is 24.5 Å². The number of rotatable bonds is 1. The zero-order valence-corrected chi connectivity index (χ0v) is 12.2. The average Bonchev–Trinajstić information content (AvgIpc) is 2.61. The van der Waals surface area contributed by atoms with Gasteiger partial charge in [-0.3, -0.25) is 0 Å². The molecule has 3 aliphatic rings. The minimum Gasteiger partial charge on any atom is -0.349 e. The maximum Gasteiger partial charge on any atom is 0.179 e. The molecule has 2 heteroatoms. The quantitative estimate of drug-likeness (QED) is 0.657. The van der Waals surface area contributed by atoms with Gasteiger partial charge in [0.25, 0.3) is 0 Å². The molecule has 0 aromatic heterocycles. The third kappa shape index (κ3) is 1.31. The van der Waals surface area contributed by atoms with Crippen LogP contribution in [0.1, 0.15) is 53.4 Å².